The Morgan fingerprint density at radius 2 is 2.25 bits per heavy atom. The molecule has 1 aliphatic heterocycles. The number of hydrogen-bond acceptors (Lipinski definition) is 3. The van der Waals surface area contributed by atoms with E-state index in [1.165, 1.54) is 0 Å². The van der Waals surface area contributed by atoms with Crippen LogP contribution >= 0.6 is 22.6 Å². The molecule has 0 radical (unpaired) electrons. The Labute approximate surface area is 109 Å². The standard InChI is InChI=1S/C11H14IN3O/c1-14-4-5-15(8-11(14)16)7-9-2-3-10(12)13-6-9/h2-3,6H,4-5,7-8H2,1H3. The lowest BCUT2D eigenvalue weighted by atomic mass is 10.2. The van der Waals surface area contributed by atoms with Gasteiger partial charge in [-0.25, -0.2) is 0 Å². The minimum atomic E-state index is 0.199. The third-order valence-corrected chi connectivity index (χ3v) is 3.37. The minimum absolute atomic E-state index is 0.199. The van der Waals surface area contributed by atoms with Crippen molar-refractivity contribution in [2.24, 2.45) is 0 Å². The van der Waals surface area contributed by atoms with Crippen molar-refractivity contribution >= 4 is 28.5 Å². The van der Waals surface area contributed by atoms with Gasteiger partial charge in [0, 0.05) is 32.9 Å². The van der Waals surface area contributed by atoms with Gasteiger partial charge in [-0.05, 0) is 34.2 Å². The van der Waals surface area contributed by atoms with Crippen LogP contribution in [0.15, 0.2) is 18.3 Å². The van der Waals surface area contributed by atoms with E-state index in [2.05, 4.69) is 38.5 Å². The molecular formula is C11H14IN3O. The zero-order valence-electron chi connectivity index (χ0n) is 9.19. The highest BCUT2D eigenvalue weighted by Crippen LogP contribution is 2.09. The third-order valence-electron chi connectivity index (χ3n) is 2.73. The van der Waals surface area contributed by atoms with Gasteiger partial charge in [-0.15, -0.1) is 0 Å². The molecule has 16 heavy (non-hydrogen) atoms. The van der Waals surface area contributed by atoms with E-state index in [1.54, 1.807) is 4.90 Å². The predicted octanol–water partition coefficient (Wildman–Crippen LogP) is 0.960. The maximum absolute atomic E-state index is 11.5. The number of carbonyl (C=O) groups excluding carboxylic acids is 1. The molecule has 2 heterocycles. The second-order valence-corrected chi connectivity index (χ2v) is 5.12. The van der Waals surface area contributed by atoms with Crippen LogP contribution < -0.4 is 0 Å². The summed E-state index contributed by atoms with van der Waals surface area (Å²) in [7, 11) is 1.85. The summed E-state index contributed by atoms with van der Waals surface area (Å²) in [6, 6.07) is 4.06. The molecule has 0 aliphatic carbocycles. The molecular weight excluding hydrogens is 317 g/mol. The molecule has 0 bridgehead atoms. The first-order valence-corrected chi connectivity index (χ1v) is 6.30. The molecule has 5 heteroatoms. The van der Waals surface area contributed by atoms with Crippen LogP contribution in [0.4, 0.5) is 0 Å². The highest BCUT2D eigenvalue weighted by Gasteiger charge is 2.20. The van der Waals surface area contributed by atoms with Gasteiger partial charge in [0.25, 0.3) is 0 Å². The first-order valence-electron chi connectivity index (χ1n) is 5.22. The molecule has 2 rings (SSSR count). The lowest BCUT2D eigenvalue weighted by Gasteiger charge is -2.31. The fraction of sp³-hybridized carbons (Fsp3) is 0.455. The van der Waals surface area contributed by atoms with Gasteiger partial charge in [-0.2, -0.15) is 0 Å². The van der Waals surface area contributed by atoms with Gasteiger partial charge in [0.15, 0.2) is 0 Å². The summed E-state index contributed by atoms with van der Waals surface area (Å²) in [5, 5.41) is 0. The summed E-state index contributed by atoms with van der Waals surface area (Å²) in [5.74, 6) is 0.199. The van der Waals surface area contributed by atoms with E-state index in [0.29, 0.717) is 6.54 Å². The Morgan fingerprint density at radius 3 is 2.88 bits per heavy atom. The van der Waals surface area contributed by atoms with Crippen molar-refractivity contribution in [1.29, 1.82) is 0 Å². The SMILES string of the molecule is CN1CCN(Cc2ccc(I)nc2)CC1=O. The van der Waals surface area contributed by atoms with Crippen molar-refractivity contribution in [3.63, 3.8) is 0 Å². The number of hydrogen-bond donors (Lipinski definition) is 0. The molecule has 1 aromatic heterocycles. The smallest absolute Gasteiger partial charge is 0.236 e. The van der Waals surface area contributed by atoms with E-state index in [1.807, 2.05) is 19.3 Å². The number of halogens is 1. The van der Waals surface area contributed by atoms with Gasteiger partial charge in [-0.1, -0.05) is 6.07 Å². The van der Waals surface area contributed by atoms with Crippen molar-refractivity contribution in [2.75, 3.05) is 26.7 Å². The number of amides is 1. The molecule has 1 aromatic rings. The van der Waals surface area contributed by atoms with E-state index < -0.39 is 0 Å². The van der Waals surface area contributed by atoms with Crippen molar-refractivity contribution in [1.82, 2.24) is 14.8 Å². The first-order chi connectivity index (χ1) is 7.65. The number of likely N-dealkylation sites (N-methyl/N-ethyl adjacent to an activating group) is 1. The summed E-state index contributed by atoms with van der Waals surface area (Å²) >= 11 is 2.19. The van der Waals surface area contributed by atoms with Crippen LogP contribution in [0, 0.1) is 3.70 Å². The molecule has 86 valence electrons. The van der Waals surface area contributed by atoms with Crippen LogP contribution in [0.3, 0.4) is 0 Å². The third kappa shape index (κ3) is 2.91. The Balaban J connectivity index is 1.95. The van der Waals surface area contributed by atoms with E-state index >= 15 is 0 Å². The molecule has 0 spiro atoms. The lowest BCUT2D eigenvalue weighted by Crippen LogP contribution is -2.47. The van der Waals surface area contributed by atoms with Gasteiger partial charge >= 0.3 is 0 Å². The van der Waals surface area contributed by atoms with Gasteiger partial charge in [0.2, 0.25) is 5.91 Å². The Hall–Kier alpha value is -0.690. The number of pyridine rings is 1. The first kappa shape index (κ1) is 11.8. The average Bonchev–Trinajstić information content (AvgIpc) is 2.27. The van der Waals surface area contributed by atoms with Crippen molar-refractivity contribution in [3.05, 3.63) is 27.6 Å². The molecule has 1 amide bonds. The maximum Gasteiger partial charge on any atom is 0.236 e. The van der Waals surface area contributed by atoms with E-state index in [4.69, 9.17) is 0 Å². The Bertz CT molecular complexity index is 379. The van der Waals surface area contributed by atoms with Crippen molar-refractivity contribution in [2.45, 2.75) is 6.54 Å². The van der Waals surface area contributed by atoms with Gasteiger partial charge in [-0.3, -0.25) is 14.7 Å². The molecule has 0 atom stereocenters. The second kappa shape index (κ2) is 5.09. The summed E-state index contributed by atoms with van der Waals surface area (Å²) < 4.78 is 0.996. The quantitative estimate of drug-likeness (QED) is 0.598. The Kier molecular flexibility index (Phi) is 3.75. The van der Waals surface area contributed by atoms with Crippen LogP contribution in [0.2, 0.25) is 0 Å². The van der Waals surface area contributed by atoms with Crippen molar-refractivity contribution < 1.29 is 4.79 Å². The largest absolute Gasteiger partial charge is 0.343 e. The zero-order chi connectivity index (χ0) is 11.5. The monoisotopic (exact) mass is 331 g/mol. The van der Waals surface area contributed by atoms with Crippen LogP contribution in [-0.4, -0.2) is 47.4 Å². The number of aromatic nitrogens is 1. The molecule has 0 aromatic carbocycles. The number of nitrogens with zero attached hydrogens (tertiary/aromatic N) is 3. The highest BCUT2D eigenvalue weighted by molar-refractivity contribution is 14.1. The number of carbonyl (C=O) groups is 1. The second-order valence-electron chi connectivity index (χ2n) is 4.02. The molecule has 0 unspecified atom stereocenters. The zero-order valence-corrected chi connectivity index (χ0v) is 11.3. The topological polar surface area (TPSA) is 36.4 Å². The van der Waals surface area contributed by atoms with Gasteiger partial charge in [0.1, 0.15) is 3.70 Å². The van der Waals surface area contributed by atoms with E-state index in [0.717, 1.165) is 28.9 Å². The molecule has 0 saturated carbocycles. The maximum atomic E-state index is 11.5. The summed E-state index contributed by atoms with van der Waals surface area (Å²) in [4.78, 5) is 19.7. The molecule has 1 aliphatic rings. The van der Waals surface area contributed by atoms with Crippen LogP contribution in [0.25, 0.3) is 0 Å². The van der Waals surface area contributed by atoms with Gasteiger partial charge in [0.05, 0.1) is 6.54 Å². The average molecular weight is 331 g/mol. The molecule has 0 N–H and O–H groups in total. The van der Waals surface area contributed by atoms with Crippen molar-refractivity contribution in [3.8, 4) is 0 Å². The lowest BCUT2D eigenvalue weighted by molar-refractivity contribution is -0.134. The van der Waals surface area contributed by atoms with Crippen LogP contribution in [0.5, 0.6) is 0 Å². The predicted molar refractivity (Wildman–Crippen MR) is 69.9 cm³/mol. The fourth-order valence-corrected chi connectivity index (χ4v) is 2.02. The van der Waals surface area contributed by atoms with E-state index in [9.17, 15) is 4.79 Å². The van der Waals surface area contributed by atoms with Gasteiger partial charge < -0.3 is 4.90 Å². The normalized spacial score (nSPS) is 17.9. The highest BCUT2D eigenvalue weighted by atomic mass is 127. The molecule has 1 fully saturated rings. The number of rotatable bonds is 2. The summed E-state index contributed by atoms with van der Waals surface area (Å²) in [5.41, 5.74) is 1.16. The van der Waals surface area contributed by atoms with Crippen LogP contribution in [0.1, 0.15) is 5.56 Å². The minimum Gasteiger partial charge on any atom is -0.343 e. The number of piperazine rings is 1. The van der Waals surface area contributed by atoms with E-state index in [-0.39, 0.29) is 5.91 Å². The fourth-order valence-electron chi connectivity index (χ4n) is 1.70. The molecule has 1 saturated heterocycles. The van der Waals surface area contributed by atoms with Crippen LogP contribution in [-0.2, 0) is 11.3 Å². The Morgan fingerprint density at radius 1 is 1.44 bits per heavy atom. The summed E-state index contributed by atoms with van der Waals surface area (Å²) in [6.45, 7) is 3.08. The molecule has 4 nitrogen and oxygen atoms in total. The summed E-state index contributed by atoms with van der Waals surface area (Å²) in [6.07, 6.45) is 1.88.